The monoisotopic (exact) mass is 262 g/mol. The highest BCUT2D eigenvalue weighted by Gasteiger charge is 2.16. The van der Waals surface area contributed by atoms with Gasteiger partial charge in [0.2, 0.25) is 0 Å². The molecule has 1 unspecified atom stereocenters. The molecule has 3 heteroatoms. The molecule has 0 bridgehead atoms. The van der Waals surface area contributed by atoms with Crippen LogP contribution in [0.15, 0.2) is 24.3 Å². The molecule has 2 N–H and O–H groups in total. The van der Waals surface area contributed by atoms with Crippen LogP contribution in [0.4, 0.5) is 0 Å². The molecular weight excluding hydrogens is 236 g/mol. The molecule has 1 atom stereocenters. The van der Waals surface area contributed by atoms with Gasteiger partial charge in [-0.1, -0.05) is 19.1 Å². The fourth-order valence-electron chi connectivity index (χ4n) is 2.91. The van der Waals surface area contributed by atoms with Crippen molar-refractivity contribution in [2.45, 2.75) is 32.7 Å². The Kier molecular flexibility index (Phi) is 5.67. The molecule has 0 amide bonds. The van der Waals surface area contributed by atoms with Crippen LogP contribution in [0.3, 0.4) is 0 Å². The second kappa shape index (κ2) is 7.51. The summed E-state index contributed by atoms with van der Waals surface area (Å²) in [6, 6.07) is 7.64. The highest BCUT2D eigenvalue weighted by molar-refractivity contribution is 5.26. The van der Waals surface area contributed by atoms with E-state index < -0.39 is 0 Å². The van der Waals surface area contributed by atoms with E-state index in [9.17, 15) is 5.11 Å². The molecule has 1 heterocycles. The van der Waals surface area contributed by atoms with Gasteiger partial charge in [-0.15, -0.1) is 0 Å². The minimum absolute atomic E-state index is 0.369. The molecule has 1 fully saturated rings. The van der Waals surface area contributed by atoms with Crippen molar-refractivity contribution >= 4 is 0 Å². The van der Waals surface area contributed by atoms with Crippen molar-refractivity contribution in [1.29, 1.82) is 0 Å². The van der Waals surface area contributed by atoms with Gasteiger partial charge < -0.3 is 10.4 Å². The van der Waals surface area contributed by atoms with Crippen LogP contribution >= 0.6 is 0 Å². The molecule has 0 saturated carbocycles. The topological polar surface area (TPSA) is 35.5 Å². The van der Waals surface area contributed by atoms with Crippen LogP contribution in [-0.2, 0) is 6.54 Å². The minimum Gasteiger partial charge on any atom is -0.508 e. The standard InChI is InChI=1S/C16H26N2O/c1-2-9-18(13-15-6-4-8-17-11-15)12-14-5-3-7-16(19)10-14/h3,5,7,10,15,17,19H,2,4,6,8-9,11-13H2,1H3. The molecule has 1 saturated heterocycles. The predicted octanol–water partition coefficient (Wildman–Crippen LogP) is 2.60. The maximum Gasteiger partial charge on any atom is 0.115 e. The second-order valence-corrected chi connectivity index (χ2v) is 5.62. The SMILES string of the molecule is CCCN(Cc1cccc(O)c1)CC1CCCNC1. The van der Waals surface area contributed by atoms with Gasteiger partial charge in [0.25, 0.3) is 0 Å². The van der Waals surface area contributed by atoms with Gasteiger partial charge in [0.15, 0.2) is 0 Å². The zero-order chi connectivity index (χ0) is 13.5. The summed E-state index contributed by atoms with van der Waals surface area (Å²) in [4.78, 5) is 2.52. The van der Waals surface area contributed by atoms with Crippen molar-refractivity contribution in [3.63, 3.8) is 0 Å². The fraction of sp³-hybridized carbons (Fsp3) is 0.625. The first-order valence-corrected chi connectivity index (χ1v) is 7.49. The largest absolute Gasteiger partial charge is 0.508 e. The maximum absolute atomic E-state index is 9.55. The van der Waals surface area contributed by atoms with Crippen LogP contribution < -0.4 is 5.32 Å². The predicted molar refractivity (Wildman–Crippen MR) is 79.3 cm³/mol. The van der Waals surface area contributed by atoms with E-state index in [1.165, 1.54) is 31.4 Å². The number of phenolic OH excluding ortho intramolecular Hbond substituents is 1. The van der Waals surface area contributed by atoms with Crippen LogP contribution in [-0.4, -0.2) is 36.2 Å². The average Bonchev–Trinajstić information content (AvgIpc) is 2.40. The van der Waals surface area contributed by atoms with Crippen molar-refractivity contribution in [3.8, 4) is 5.75 Å². The van der Waals surface area contributed by atoms with Gasteiger partial charge in [-0.3, -0.25) is 4.90 Å². The Morgan fingerprint density at radius 2 is 2.32 bits per heavy atom. The molecule has 0 aromatic heterocycles. The van der Waals surface area contributed by atoms with Crippen molar-refractivity contribution in [1.82, 2.24) is 10.2 Å². The van der Waals surface area contributed by atoms with Crippen LogP contribution in [0.2, 0.25) is 0 Å². The van der Waals surface area contributed by atoms with Crippen LogP contribution in [0.5, 0.6) is 5.75 Å². The normalized spacial score (nSPS) is 19.8. The zero-order valence-corrected chi connectivity index (χ0v) is 11.9. The van der Waals surface area contributed by atoms with Gasteiger partial charge in [-0.2, -0.15) is 0 Å². The summed E-state index contributed by atoms with van der Waals surface area (Å²) in [7, 11) is 0. The van der Waals surface area contributed by atoms with Gasteiger partial charge in [0.1, 0.15) is 5.75 Å². The van der Waals surface area contributed by atoms with Gasteiger partial charge in [-0.05, 0) is 62.5 Å². The van der Waals surface area contributed by atoms with Gasteiger partial charge in [-0.25, -0.2) is 0 Å². The maximum atomic E-state index is 9.55. The first-order chi connectivity index (χ1) is 9.28. The lowest BCUT2D eigenvalue weighted by Gasteiger charge is -2.30. The number of aromatic hydroxyl groups is 1. The summed E-state index contributed by atoms with van der Waals surface area (Å²) in [6.45, 7) is 7.80. The molecule has 3 nitrogen and oxygen atoms in total. The van der Waals surface area contributed by atoms with Crippen molar-refractivity contribution in [2.75, 3.05) is 26.2 Å². The smallest absolute Gasteiger partial charge is 0.115 e. The Balaban J connectivity index is 1.91. The number of hydrogen-bond donors (Lipinski definition) is 2. The molecule has 106 valence electrons. The van der Waals surface area contributed by atoms with Crippen molar-refractivity contribution < 1.29 is 5.11 Å². The Morgan fingerprint density at radius 3 is 3.00 bits per heavy atom. The molecule has 1 aromatic rings. The lowest BCUT2D eigenvalue weighted by molar-refractivity contribution is 0.201. The first kappa shape index (κ1) is 14.4. The third-order valence-electron chi connectivity index (χ3n) is 3.77. The number of nitrogens with one attached hydrogen (secondary N) is 1. The summed E-state index contributed by atoms with van der Waals surface area (Å²) in [5, 5.41) is 13.0. The molecule has 1 aliphatic rings. The number of hydrogen-bond acceptors (Lipinski definition) is 3. The Labute approximate surface area is 116 Å². The third kappa shape index (κ3) is 4.84. The summed E-state index contributed by atoms with van der Waals surface area (Å²) in [6.07, 6.45) is 3.82. The van der Waals surface area contributed by atoms with Gasteiger partial charge >= 0.3 is 0 Å². The highest BCUT2D eigenvalue weighted by Crippen LogP contribution is 2.16. The lowest BCUT2D eigenvalue weighted by Crippen LogP contribution is -2.38. The number of nitrogens with zero attached hydrogens (tertiary/aromatic N) is 1. The summed E-state index contributed by atoms with van der Waals surface area (Å²) < 4.78 is 0. The molecule has 0 radical (unpaired) electrons. The molecule has 1 aromatic carbocycles. The molecule has 2 rings (SSSR count). The average molecular weight is 262 g/mol. The van der Waals surface area contributed by atoms with E-state index in [0.29, 0.717) is 5.75 Å². The highest BCUT2D eigenvalue weighted by atomic mass is 16.3. The quantitative estimate of drug-likeness (QED) is 0.827. The molecular formula is C16H26N2O. The Morgan fingerprint density at radius 1 is 1.42 bits per heavy atom. The summed E-state index contributed by atoms with van der Waals surface area (Å²) in [5.41, 5.74) is 1.21. The van der Waals surface area contributed by atoms with Crippen LogP contribution in [0.1, 0.15) is 31.7 Å². The molecule has 0 spiro atoms. The van der Waals surface area contributed by atoms with Crippen molar-refractivity contribution in [2.24, 2.45) is 5.92 Å². The Hall–Kier alpha value is -1.06. The zero-order valence-electron chi connectivity index (χ0n) is 11.9. The second-order valence-electron chi connectivity index (χ2n) is 5.62. The van der Waals surface area contributed by atoms with E-state index in [0.717, 1.165) is 32.1 Å². The fourth-order valence-corrected chi connectivity index (χ4v) is 2.91. The Bertz CT molecular complexity index is 375. The van der Waals surface area contributed by atoms with E-state index >= 15 is 0 Å². The summed E-state index contributed by atoms with van der Waals surface area (Å²) in [5.74, 6) is 1.14. The van der Waals surface area contributed by atoms with Gasteiger partial charge in [0, 0.05) is 13.1 Å². The molecule has 0 aliphatic carbocycles. The van der Waals surface area contributed by atoms with E-state index in [-0.39, 0.29) is 0 Å². The molecule has 1 aliphatic heterocycles. The number of rotatable bonds is 6. The molecule has 19 heavy (non-hydrogen) atoms. The van der Waals surface area contributed by atoms with Gasteiger partial charge in [0.05, 0.1) is 0 Å². The van der Waals surface area contributed by atoms with E-state index in [4.69, 9.17) is 0 Å². The minimum atomic E-state index is 0.369. The van der Waals surface area contributed by atoms with Crippen LogP contribution in [0, 0.1) is 5.92 Å². The third-order valence-corrected chi connectivity index (χ3v) is 3.77. The van der Waals surface area contributed by atoms with Crippen molar-refractivity contribution in [3.05, 3.63) is 29.8 Å². The van der Waals surface area contributed by atoms with Crippen LogP contribution in [0.25, 0.3) is 0 Å². The lowest BCUT2D eigenvalue weighted by atomic mass is 9.98. The summed E-state index contributed by atoms with van der Waals surface area (Å²) >= 11 is 0. The number of phenols is 1. The van der Waals surface area contributed by atoms with E-state index in [2.05, 4.69) is 23.2 Å². The van der Waals surface area contributed by atoms with E-state index in [1.54, 1.807) is 6.07 Å². The van der Waals surface area contributed by atoms with E-state index in [1.807, 2.05) is 12.1 Å². The first-order valence-electron chi connectivity index (χ1n) is 7.49. The number of piperidine rings is 1. The number of benzene rings is 1.